The third kappa shape index (κ3) is 4.85. The van der Waals surface area contributed by atoms with E-state index in [9.17, 15) is 4.39 Å². The van der Waals surface area contributed by atoms with Crippen molar-refractivity contribution in [2.24, 2.45) is 5.92 Å². The smallest absolute Gasteiger partial charge is 0.126 e. The molecule has 0 saturated heterocycles. The summed E-state index contributed by atoms with van der Waals surface area (Å²) in [5, 5.41) is 3.52. The second-order valence-electron chi connectivity index (χ2n) is 5.92. The molecule has 1 aliphatic carbocycles. The summed E-state index contributed by atoms with van der Waals surface area (Å²) in [5.74, 6) is 0.820. The fourth-order valence-corrected chi connectivity index (χ4v) is 3.67. The predicted octanol–water partition coefficient (Wildman–Crippen LogP) is 5.08. The van der Waals surface area contributed by atoms with E-state index in [2.05, 4.69) is 28.2 Å². The van der Waals surface area contributed by atoms with Crippen LogP contribution in [0.1, 0.15) is 51.0 Å². The Hall–Kier alpha value is -0.410. The Labute approximate surface area is 130 Å². The van der Waals surface area contributed by atoms with Gasteiger partial charge in [-0.2, -0.15) is 0 Å². The van der Waals surface area contributed by atoms with Gasteiger partial charge in [0.05, 0.1) is 0 Å². The molecule has 0 amide bonds. The number of hydrogen-bond acceptors (Lipinski definition) is 1. The first-order valence-electron chi connectivity index (χ1n) is 7.86. The van der Waals surface area contributed by atoms with Crippen LogP contribution in [0.25, 0.3) is 0 Å². The van der Waals surface area contributed by atoms with E-state index in [-0.39, 0.29) is 5.82 Å². The van der Waals surface area contributed by atoms with E-state index in [1.165, 1.54) is 32.1 Å². The molecule has 112 valence electrons. The molecule has 0 aromatic heterocycles. The summed E-state index contributed by atoms with van der Waals surface area (Å²) in [6.07, 6.45) is 8.81. The lowest BCUT2D eigenvalue weighted by Crippen LogP contribution is -2.31. The fourth-order valence-electron chi connectivity index (χ4n) is 3.27. The minimum Gasteiger partial charge on any atom is -0.314 e. The predicted molar refractivity (Wildman–Crippen MR) is 86.5 cm³/mol. The summed E-state index contributed by atoms with van der Waals surface area (Å²) < 4.78 is 14.8. The van der Waals surface area contributed by atoms with Gasteiger partial charge in [0.15, 0.2) is 0 Å². The highest BCUT2D eigenvalue weighted by Crippen LogP contribution is 2.29. The molecule has 20 heavy (non-hydrogen) atoms. The monoisotopic (exact) mass is 341 g/mol. The zero-order valence-electron chi connectivity index (χ0n) is 12.3. The lowest BCUT2D eigenvalue weighted by Gasteiger charge is -2.20. The minimum absolute atomic E-state index is 0.0861. The lowest BCUT2D eigenvalue weighted by atomic mass is 9.95. The molecule has 0 heterocycles. The Morgan fingerprint density at radius 1 is 1.35 bits per heavy atom. The summed E-state index contributed by atoms with van der Waals surface area (Å²) in [6, 6.07) is 5.62. The van der Waals surface area contributed by atoms with Crippen LogP contribution in [0.4, 0.5) is 4.39 Å². The van der Waals surface area contributed by atoms with Crippen molar-refractivity contribution in [2.45, 2.75) is 57.9 Å². The van der Waals surface area contributed by atoms with Crippen LogP contribution >= 0.6 is 15.9 Å². The molecule has 0 spiro atoms. The van der Waals surface area contributed by atoms with Crippen molar-refractivity contribution in [3.63, 3.8) is 0 Å². The molecule has 1 unspecified atom stereocenters. The van der Waals surface area contributed by atoms with Crippen LogP contribution in [-0.4, -0.2) is 12.6 Å². The second-order valence-corrected chi connectivity index (χ2v) is 6.84. The first-order chi connectivity index (χ1) is 9.69. The molecule has 1 aromatic rings. The summed E-state index contributed by atoms with van der Waals surface area (Å²) >= 11 is 3.43. The molecule has 1 N–H and O–H groups in total. The van der Waals surface area contributed by atoms with Crippen LogP contribution in [0.2, 0.25) is 0 Å². The molecular weight excluding hydrogens is 317 g/mol. The number of nitrogens with one attached hydrogen (secondary N) is 1. The van der Waals surface area contributed by atoms with Crippen LogP contribution in [0.15, 0.2) is 22.7 Å². The zero-order chi connectivity index (χ0) is 14.4. The van der Waals surface area contributed by atoms with Gasteiger partial charge in [-0.25, -0.2) is 4.39 Å². The quantitative estimate of drug-likeness (QED) is 0.729. The molecule has 0 radical (unpaired) electrons. The molecule has 1 nitrogen and oxygen atoms in total. The van der Waals surface area contributed by atoms with E-state index in [1.54, 1.807) is 12.1 Å². The second kappa shape index (κ2) is 8.14. The molecule has 0 bridgehead atoms. The largest absolute Gasteiger partial charge is 0.314 e. The maximum absolute atomic E-state index is 13.9. The van der Waals surface area contributed by atoms with E-state index in [4.69, 9.17) is 0 Å². The van der Waals surface area contributed by atoms with Gasteiger partial charge in [0, 0.05) is 10.5 Å². The number of halogens is 2. The van der Waals surface area contributed by atoms with Gasteiger partial charge >= 0.3 is 0 Å². The van der Waals surface area contributed by atoms with Crippen molar-refractivity contribution >= 4 is 15.9 Å². The van der Waals surface area contributed by atoms with Gasteiger partial charge in [-0.3, -0.25) is 0 Å². The van der Waals surface area contributed by atoms with Crippen molar-refractivity contribution in [2.75, 3.05) is 6.54 Å². The average molecular weight is 342 g/mol. The van der Waals surface area contributed by atoms with Gasteiger partial charge in [-0.05, 0) is 55.5 Å². The Morgan fingerprint density at radius 2 is 2.10 bits per heavy atom. The van der Waals surface area contributed by atoms with E-state index in [1.807, 2.05) is 6.07 Å². The van der Waals surface area contributed by atoms with Gasteiger partial charge in [-0.15, -0.1) is 0 Å². The Balaban J connectivity index is 1.91. The van der Waals surface area contributed by atoms with E-state index in [0.717, 1.165) is 35.3 Å². The van der Waals surface area contributed by atoms with Gasteiger partial charge in [0.2, 0.25) is 0 Å². The Morgan fingerprint density at radius 3 is 2.80 bits per heavy atom. The summed E-state index contributed by atoms with van der Waals surface area (Å²) in [5.41, 5.74) is 0.816. The van der Waals surface area contributed by atoms with Gasteiger partial charge < -0.3 is 5.32 Å². The summed E-state index contributed by atoms with van der Waals surface area (Å²) in [7, 11) is 0. The van der Waals surface area contributed by atoms with Gasteiger partial charge in [-0.1, -0.05) is 48.5 Å². The molecule has 1 fully saturated rings. The minimum atomic E-state index is -0.0861. The molecule has 0 aliphatic heterocycles. The molecule has 3 heteroatoms. The number of benzene rings is 1. The highest BCUT2D eigenvalue weighted by molar-refractivity contribution is 9.10. The van der Waals surface area contributed by atoms with Crippen molar-refractivity contribution < 1.29 is 4.39 Å². The van der Waals surface area contributed by atoms with Crippen LogP contribution in [-0.2, 0) is 6.42 Å². The Kier molecular flexibility index (Phi) is 6.50. The van der Waals surface area contributed by atoms with E-state index >= 15 is 0 Å². The third-order valence-corrected chi connectivity index (χ3v) is 4.86. The molecule has 1 atom stereocenters. The first-order valence-corrected chi connectivity index (χ1v) is 8.65. The normalized spacial score (nSPS) is 17.6. The molecule has 1 aromatic carbocycles. The average Bonchev–Trinajstić information content (AvgIpc) is 2.93. The number of likely N-dealkylation sites (N-methyl/N-ethyl adjacent to an activating group) is 1. The molecular formula is C17H25BrFN. The Bertz CT molecular complexity index is 415. The standard InChI is InChI=1S/C17H25BrFN/c1-2-20-16(9-7-13-5-3-4-6-13)12-14-11-15(18)8-10-17(14)19/h8,10-11,13,16,20H,2-7,9,12H2,1H3. The number of rotatable bonds is 7. The van der Waals surface area contributed by atoms with Crippen LogP contribution in [0, 0.1) is 11.7 Å². The highest BCUT2D eigenvalue weighted by atomic mass is 79.9. The highest BCUT2D eigenvalue weighted by Gasteiger charge is 2.18. The van der Waals surface area contributed by atoms with Crippen LogP contribution < -0.4 is 5.32 Å². The van der Waals surface area contributed by atoms with Crippen LogP contribution in [0.5, 0.6) is 0 Å². The zero-order valence-corrected chi connectivity index (χ0v) is 13.9. The lowest BCUT2D eigenvalue weighted by molar-refractivity contribution is 0.404. The van der Waals surface area contributed by atoms with Crippen molar-refractivity contribution in [3.05, 3.63) is 34.1 Å². The van der Waals surface area contributed by atoms with Gasteiger partial charge in [0.1, 0.15) is 5.82 Å². The number of hydrogen-bond donors (Lipinski definition) is 1. The molecule has 2 rings (SSSR count). The summed E-state index contributed by atoms with van der Waals surface area (Å²) in [6.45, 7) is 3.07. The van der Waals surface area contributed by atoms with E-state index < -0.39 is 0 Å². The van der Waals surface area contributed by atoms with E-state index in [0.29, 0.717) is 6.04 Å². The van der Waals surface area contributed by atoms with Crippen molar-refractivity contribution in [1.82, 2.24) is 5.32 Å². The molecule has 1 aliphatic rings. The maximum atomic E-state index is 13.9. The third-order valence-electron chi connectivity index (χ3n) is 4.36. The van der Waals surface area contributed by atoms with Gasteiger partial charge in [0.25, 0.3) is 0 Å². The topological polar surface area (TPSA) is 12.0 Å². The van der Waals surface area contributed by atoms with Crippen molar-refractivity contribution in [1.29, 1.82) is 0 Å². The maximum Gasteiger partial charge on any atom is 0.126 e. The molecule has 1 saturated carbocycles. The SMILES string of the molecule is CCNC(CCC1CCCC1)Cc1cc(Br)ccc1F. The summed E-state index contributed by atoms with van der Waals surface area (Å²) in [4.78, 5) is 0. The van der Waals surface area contributed by atoms with Crippen molar-refractivity contribution in [3.8, 4) is 0 Å². The fraction of sp³-hybridized carbons (Fsp3) is 0.647. The van der Waals surface area contributed by atoms with Crippen LogP contribution in [0.3, 0.4) is 0 Å². The first kappa shape index (κ1) is 16.0.